The minimum Gasteiger partial charge on any atom is -0.278 e. The van der Waals surface area contributed by atoms with Crippen LogP contribution in [0, 0.1) is 0 Å². The fourth-order valence-corrected chi connectivity index (χ4v) is 6.13. The topological polar surface area (TPSA) is 69.4 Å². The van der Waals surface area contributed by atoms with E-state index in [4.69, 9.17) is 24.9 Å². The lowest BCUT2D eigenvalue weighted by Crippen LogP contribution is -2.01. The van der Waals surface area contributed by atoms with Gasteiger partial charge in [-0.1, -0.05) is 78.9 Å². The molecule has 6 nitrogen and oxygen atoms in total. The summed E-state index contributed by atoms with van der Waals surface area (Å²) >= 11 is 0. The second kappa shape index (κ2) is 9.26. The van der Waals surface area contributed by atoms with Gasteiger partial charge in [-0.05, 0) is 42.5 Å². The third-order valence-corrected chi connectivity index (χ3v) is 8.09. The van der Waals surface area contributed by atoms with Gasteiger partial charge in [-0.15, -0.1) is 0 Å². The highest BCUT2D eigenvalue weighted by molar-refractivity contribution is 6.11. The molecule has 9 aromatic rings. The van der Waals surface area contributed by atoms with Crippen LogP contribution in [0.1, 0.15) is 0 Å². The zero-order valence-electron chi connectivity index (χ0n) is 22.9. The summed E-state index contributed by atoms with van der Waals surface area (Å²) in [5.74, 6) is 1.44. The number of pyridine rings is 3. The molecular weight excluding hydrogens is 528 g/mol. The molecule has 0 aliphatic heterocycles. The van der Waals surface area contributed by atoms with E-state index in [1.54, 1.807) is 0 Å². The summed E-state index contributed by atoms with van der Waals surface area (Å²) in [5.41, 5.74) is 7.19. The van der Waals surface area contributed by atoms with Gasteiger partial charge in [0.1, 0.15) is 17.0 Å². The quantitative estimate of drug-likeness (QED) is 0.206. The second-order valence-electron chi connectivity index (χ2n) is 10.6. The van der Waals surface area contributed by atoms with Gasteiger partial charge >= 0.3 is 0 Å². The number of rotatable bonds is 3. The first kappa shape index (κ1) is 23.7. The van der Waals surface area contributed by atoms with Crippen LogP contribution in [-0.2, 0) is 0 Å². The monoisotopic (exact) mass is 550 g/mol. The van der Waals surface area contributed by atoms with Crippen LogP contribution in [0.2, 0.25) is 0 Å². The van der Waals surface area contributed by atoms with Crippen molar-refractivity contribution in [3.8, 4) is 28.5 Å². The highest BCUT2D eigenvalue weighted by Crippen LogP contribution is 2.36. The maximum absolute atomic E-state index is 5.30. The summed E-state index contributed by atoms with van der Waals surface area (Å²) in [6.45, 7) is 0. The van der Waals surface area contributed by atoms with Gasteiger partial charge < -0.3 is 0 Å². The lowest BCUT2D eigenvalue weighted by atomic mass is 10.0. The van der Waals surface area contributed by atoms with Crippen LogP contribution >= 0.6 is 0 Å². The highest BCUT2D eigenvalue weighted by Gasteiger charge is 2.19. The molecule has 0 atom stereocenters. The molecule has 4 aromatic carbocycles. The Hall–Kier alpha value is -6.01. The molecule has 0 radical (unpaired) electrons. The van der Waals surface area contributed by atoms with Gasteiger partial charge in [0.15, 0.2) is 5.82 Å². The van der Waals surface area contributed by atoms with Crippen molar-refractivity contribution in [2.75, 3.05) is 0 Å². The van der Waals surface area contributed by atoms with Crippen LogP contribution in [0.4, 0.5) is 0 Å². The maximum atomic E-state index is 5.30. The third-order valence-electron chi connectivity index (χ3n) is 8.09. The number of hydrogen-bond donors (Lipinski definition) is 0. The van der Waals surface area contributed by atoms with E-state index in [1.165, 1.54) is 0 Å². The number of aromatic nitrogens is 6. The van der Waals surface area contributed by atoms with Crippen molar-refractivity contribution < 1.29 is 0 Å². The molecule has 0 spiro atoms. The van der Waals surface area contributed by atoms with E-state index in [0.717, 1.165) is 77.3 Å². The van der Waals surface area contributed by atoms with Crippen LogP contribution < -0.4 is 0 Å². The lowest BCUT2D eigenvalue weighted by molar-refractivity contribution is 1.07. The predicted molar refractivity (Wildman–Crippen MR) is 173 cm³/mol. The van der Waals surface area contributed by atoms with Crippen molar-refractivity contribution in [3.63, 3.8) is 0 Å². The summed E-state index contributed by atoms with van der Waals surface area (Å²) in [6.07, 6.45) is 3.66. The zero-order valence-corrected chi connectivity index (χ0v) is 22.9. The first-order chi connectivity index (χ1) is 21.3. The largest absolute Gasteiger partial charge is 0.278 e. The number of hydrogen-bond acceptors (Lipinski definition) is 5. The number of benzene rings is 4. The molecule has 0 amide bonds. The van der Waals surface area contributed by atoms with Crippen molar-refractivity contribution in [1.82, 2.24) is 29.5 Å². The summed E-state index contributed by atoms with van der Waals surface area (Å²) in [4.78, 5) is 25.1. The summed E-state index contributed by atoms with van der Waals surface area (Å²) in [7, 11) is 0. The molecule has 5 aromatic heterocycles. The predicted octanol–water partition coefficient (Wildman–Crippen LogP) is 8.55. The fraction of sp³-hybridized carbons (Fsp3) is 0. The Morgan fingerprint density at radius 1 is 0.465 bits per heavy atom. The van der Waals surface area contributed by atoms with Crippen molar-refractivity contribution in [2.45, 2.75) is 0 Å². The van der Waals surface area contributed by atoms with Crippen LogP contribution in [0.25, 0.3) is 83.1 Å². The lowest BCUT2D eigenvalue weighted by Gasteiger charge is -2.13. The number of fused-ring (bicyclic) bond motifs is 7. The van der Waals surface area contributed by atoms with E-state index >= 15 is 0 Å². The Balaban J connectivity index is 1.39. The minimum atomic E-state index is 0.647. The van der Waals surface area contributed by atoms with Gasteiger partial charge in [-0.3, -0.25) is 9.55 Å². The Morgan fingerprint density at radius 3 is 2.19 bits per heavy atom. The molecule has 0 N–H and O–H groups in total. The van der Waals surface area contributed by atoms with E-state index in [2.05, 4.69) is 83.4 Å². The second-order valence-corrected chi connectivity index (χ2v) is 10.6. The normalized spacial score (nSPS) is 11.7. The van der Waals surface area contributed by atoms with Crippen LogP contribution in [0.5, 0.6) is 0 Å². The molecule has 0 saturated carbocycles. The smallest absolute Gasteiger partial charge is 0.160 e. The van der Waals surface area contributed by atoms with Gasteiger partial charge in [0.25, 0.3) is 0 Å². The molecule has 0 aliphatic rings. The highest BCUT2D eigenvalue weighted by atomic mass is 15.1. The Kier molecular flexibility index (Phi) is 5.10. The van der Waals surface area contributed by atoms with E-state index in [1.807, 2.05) is 54.9 Å². The average molecular weight is 551 g/mol. The van der Waals surface area contributed by atoms with Crippen LogP contribution in [0.3, 0.4) is 0 Å². The summed E-state index contributed by atoms with van der Waals surface area (Å²) < 4.78 is 2.14. The number of nitrogens with zero attached hydrogens (tertiary/aromatic N) is 6. The van der Waals surface area contributed by atoms with E-state index < -0.39 is 0 Å². The van der Waals surface area contributed by atoms with E-state index in [-0.39, 0.29) is 0 Å². The van der Waals surface area contributed by atoms with E-state index in [9.17, 15) is 0 Å². The Morgan fingerprint density at radius 2 is 1.23 bits per heavy atom. The Labute approximate surface area is 246 Å². The van der Waals surface area contributed by atoms with Crippen molar-refractivity contribution in [3.05, 3.63) is 134 Å². The zero-order chi connectivity index (χ0) is 28.3. The Bertz CT molecular complexity index is 2460. The minimum absolute atomic E-state index is 0.647. The molecule has 9 rings (SSSR count). The molecule has 200 valence electrons. The summed E-state index contributed by atoms with van der Waals surface area (Å²) in [6, 6.07) is 41.2. The molecule has 43 heavy (non-hydrogen) atoms. The molecule has 6 heteroatoms. The molecular formula is C37H22N6. The van der Waals surface area contributed by atoms with Gasteiger partial charge in [-0.2, -0.15) is 0 Å². The summed E-state index contributed by atoms with van der Waals surface area (Å²) in [5, 5.41) is 5.23. The first-order valence-corrected chi connectivity index (χ1v) is 14.2. The van der Waals surface area contributed by atoms with Crippen molar-refractivity contribution in [2.24, 2.45) is 0 Å². The van der Waals surface area contributed by atoms with Gasteiger partial charge in [0.2, 0.25) is 0 Å². The van der Waals surface area contributed by atoms with Gasteiger partial charge in [0.05, 0.1) is 22.2 Å². The number of para-hydroxylation sites is 2. The fourth-order valence-electron chi connectivity index (χ4n) is 6.13. The molecule has 0 unspecified atom stereocenters. The molecule has 0 saturated heterocycles. The molecule has 0 bridgehead atoms. The third kappa shape index (κ3) is 3.63. The van der Waals surface area contributed by atoms with E-state index in [0.29, 0.717) is 5.82 Å². The van der Waals surface area contributed by atoms with Crippen molar-refractivity contribution in [1.29, 1.82) is 0 Å². The maximum Gasteiger partial charge on any atom is 0.160 e. The molecule has 5 heterocycles. The molecule has 0 fully saturated rings. The first-order valence-electron chi connectivity index (χ1n) is 14.2. The van der Waals surface area contributed by atoms with Gasteiger partial charge in [-0.25, -0.2) is 19.9 Å². The van der Waals surface area contributed by atoms with Crippen LogP contribution in [0.15, 0.2) is 134 Å². The standard InChI is InChI=1S/C37H22N6/c1-2-9-25(10-3-1)36-41-34(28-14-6-11-23-12-7-21-38-32(23)28)29-19-17-24-18-20-31(40-33(24)35(29)42-36)43-30-16-5-4-13-26(30)27-15-8-22-39-37(27)43/h1-22H. The van der Waals surface area contributed by atoms with Gasteiger partial charge in [0, 0.05) is 50.5 Å². The van der Waals surface area contributed by atoms with Crippen LogP contribution in [-0.4, -0.2) is 29.5 Å². The van der Waals surface area contributed by atoms with Crippen molar-refractivity contribution >= 4 is 54.6 Å². The molecule has 0 aliphatic carbocycles. The average Bonchev–Trinajstić information content (AvgIpc) is 3.42. The SMILES string of the molecule is c1ccc(-c2nc(-c3cccc4cccnc34)c3ccc4ccc(-n5c6ccccc6c6cccnc65)nc4c3n2)cc1.